The van der Waals surface area contributed by atoms with Gasteiger partial charge in [-0.05, 0) is 24.1 Å². The van der Waals surface area contributed by atoms with Gasteiger partial charge in [-0.25, -0.2) is 0 Å². The molecular weight excluding hydrogens is 286 g/mol. The molecule has 0 amide bonds. The molecule has 6 nitrogen and oxygen atoms in total. The molecule has 1 heterocycles. The van der Waals surface area contributed by atoms with E-state index >= 15 is 0 Å². The number of ether oxygens (including phenoxy) is 4. The Morgan fingerprint density at radius 3 is 2.86 bits per heavy atom. The fraction of sp³-hybridized carbons (Fsp3) is 0.625. The van der Waals surface area contributed by atoms with Crippen molar-refractivity contribution in [2.75, 3.05) is 47.4 Å². The lowest BCUT2D eigenvalue weighted by Crippen LogP contribution is -2.28. The molecule has 2 rings (SSSR count). The SMILES string of the molecule is COCOc1cccc([C@@H](O)CN2CC[C@H](OCOC)C2)c1. The fourth-order valence-electron chi connectivity index (χ4n) is 2.55. The van der Waals surface area contributed by atoms with E-state index in [1.54, 1.807) is 14.2 Å². The van der Waals surface area contributed by atoms with E-state index < -0.39 is 6.10 Å². The Morgan fingerprint density at radius 2 is 2.09 bits per heavy atom. The molecule has 1 aromatic rings. The summed E-state index contributed by atoms with van der Waals surface area (Å²) in [6.45, 7) is 2.84. The van der Waals surface area contributed by atoms with Crippen molar-refractivity contribution in [2.24, 2.45) is 0 Å². The van der Waals surface area contributed by atoms with Gasteiger partial charge in [0.15, 0.2) is 6.79 Å². The van der Waals surface area contributed by atoms with Crippen molar-refractivity contribution in [3.63, 3.8) is 0 Å². The van der Waals surface area contributed by atoms with Crippen LogP contribution in [-0.4, -0.2) is 63.6 Å². The minimum Gasteiger partial charge on any atom is -0.468 e. The van der Waals surface area contributed by atoms with Gasteiger partial charge in [0.05, 0.1) is 12.2 Å². The highest BCUT2D eigenvalue weighted by atomic mass is 16.7. The molecule has 1 fully saturated rings. The van der Waals surface area contributed by atoms with Crippen molar-refractivity contribution < 1.29 is 24.1 Å². The highest BCUT2D eigenvalue weighted by Crippen LogP contribution is 2.22. The summed E-state index contributed by atoms with van der Waals surface area (Å²) in [6, 6.07) is 7.47. The number of methoxy groups -OCH3 is 2. The van der Waals surface area contributed by atoms with Gasteiger partial charge in [-0.3, -0.25) is 4.90 Å². The van der Waals surface area contributed by atoms with Gasteiger partial charge in [0.1, 0.15) is 12.5 Å². The molecule has 0 spiro atoms. The molecular formula is C16H25NO5. The van der Waals surface area contributed by atoms with Crippen LogP contribution in [0.25, 0.3) is 0 Å². The summed E-state index contributed by atoms with van der Waals surface area (Å²) >= 11 is 0. The van der Waals surface area contributed by atoms with E-state index in [0.717, 1.165) is 25.1 Å². The zero-order chi connectivity index (χ0) is 15.8. The second-order valence-electron chi connectivity index (χ2n) is 5.38. The smallest absolute Gasteiger partial charge is 0.188 e. The third kappa shape index (κ3) is 5.23. The van der Waals surface area contributed by atoms with Crippen molar-refractivity contribution in [2.45, 2.75) is 18.6 Å². The number of benzene rings is 1. The highest BCUT2D eigenvalue weighted by molar-refractivity contribution is 5.30. The molecule has 0 bridgehead atoms. The van der Waals surface area contributed by atoms with E-state index in [4.69, 9.17) is 18.9 Å². The molecule has 1 aliphatic heterocycles. The molecule has 0 saturated carbocycles. The van der Waals surface area contributed by atoms with Crippen LogP contribution >= 0.6 is 0 Å². The minimum atomic E-state index is -0.549. The number of hydrogen-bond acceptors (Lipinski definition) is 6. The fourth-order valence-corrected chi connectivity index (χ4v) is 2.55. The van der Waals surface area contributed by atoms with Crippen LogP contribution in [-0.2, 0) is 14.2 Å². The maximum absolute atomic E-state index is 10.4. The van der Waals surface area contributed by atoms with E-state index in [9.17, 15) is 5.11 Å². The van der Waals surface area contributed by atoms with Gasteiger partial charge in [0.2, 0.25) is 0 Å². The monoisotopic (exact) mass is 311 g/mol. The molecule has 1 aliphatic rings. The van der Waals surface area contributed by atoms with Gasteiger partial charge in [0.25, 0.3) is 0 Å². The summed E-state index contributed by atoms with van der Waals surface area (Å²) in [7, 11) is 3.20. The molecule has 0 aliphatic carbocycles. The topological polar surface area (TPSA) is 60.4 Å². The Bertz CT molecular complexity index is 442. The summed E-state index contributed by atoms with van der Waals surface area (Å²) in [4.78, 5) is 2.20. The first-order valence-corrected chi connectivity index (χ1v) is 7.45. The number of nitrogens with zero attached hydrogens (tertiary/aromatic N) is 1. The number of β-amino-alcohol motifs (C(OH)–C–C–N with tert-alkyl or cyclic N) is 1. The summed E-state index contributed by atoms with van der Waals surface area (Å²) in [5, 5.41) is 10.4. The van der Waals surface area contributed by atoms with Crippen LogP contribution in [0.4, 0.5) is 0 Å². The molecule has 6 heteroatoms. The van der Waals surface area contributed by atoms with Crippen LogP contribution in [0.5, 0.6) is 5.75 Å². The van der Waals surface area contributed by atoms with E-state index in [0.29, 0.717) is 19.1 Å². The van der Waals surface area contributed by atoms with E-state index in [1.165, 1.54) is 0 Å². The standard InChI is InChI=1S/C16H25NO5/c1-19-11-21-14-5-3-4-13(8-14)16(18)10-17-7-6-15(9-17)22-12-20-2/h3-5,8,15-16,18H,6-7,9-12H2,1-2H3/t15-,16-/m0/s1. The molecule has 1 saturated heterocycles. The van der Waals surface area contributed by atoms with Gasteiger partial charge < -0.3 is 24.1 Å². The van der Waals surface area contributed by atoms with Gasteiger partial charge in [-0.1, -0.05) is 12.1 Å². The predicted molar refractivity (Wildman–Crippen MR) is 81.7 cm³/mol. The zero-order valence-electron chi connectivity index (χ0n) is 13.2. The summed E-state index contributed by atoms with van der Waals surface area (Å²) < 4.78 is 20.8. The first-order valence-electron chi connectivity index (χ1n) is 7.45. The van der Waals surface area contributed by atoms with Crippen LogP contribution in [0.1, 0.15) is 18.1 Å². The molecule has 2 atom stereocenters. The number of hydrogen-bond donors (Lipinski definition) is 1. The number of aliphatic hydroxyl groups excluding tert-OH is 1. The zero-order valence-corrected chi connectivity index (χ0v) is 13.2. The van der Waals surface area contributed by atoms with Crippen LogP contribution in [0, 0.1) is 0 Å². The van der Waals surface area contributed by atoms with Crippen molar-refractivity contribution in [1.82, 2.24) is 4.90 Å². The van der Waals surface area contributed by atoms with Crippen LogP contribution in [0.15, 0.2) is 24.3 Å². The van der Waals surface area contributed by atoms with Gasteiger partial charge in [-0.15, -0.1) is 0 Å². The van der Waals surface area contributed by atoms with Crippen molar-refractivity contribution in [1.29, 1.82) is 0 Å². The second kappa shape index (κ2) is 9.07. The normalized spacial score (nSPS) is 20.2. The average molecular weight is 311 g/mol. The lowest BCUT2D eigenvalue weighted by atomic mass is 10.1. The van der Waals surface area contributed by atoms with Crippen LogP contribution in [0.2, 0.25) is 0 Å². The Balaban J connectivity index is 1.83. The maximum Gasteiger partial charge on any atom is 0.188 e. The van der Waals surface area contributed by atoms with Crippen molar-refractivity contribution >= 4 is 0 Å². The Hall–Kier alpha value is -1.18. The largest absolute Gasteiger partial charge is 0.468 e. The van der Waals surface area contributed by atoms with Crippen LogP contribution < -0.4 is 4.74 Å². The lowest BCUT2D eigenvalue weighted by Gasteiger charge is -2.20. The molecule has 124 valence electrons. The average Bonchev–Trinajstić information content (AvgIpc) is 2.98. The Labute approximate surface area is 131 Å². The number of aliphatic hydroxyl groups is 1. The predicted octanol–water partition coefficient (Wildman–Crippen LogP) is 1.40. The molecule has 1 N–H and O–H groups in total. The first-order chi connectivity index (χ1) is 10.7. The molecule has 0 radical (unpaired) electrons. The molecule has 0 unspecified atom stereocenters. The highest BCUT2D eigenvalue weighted by Gasteiger charge is 2.25. The van der Waals surface area contributed by atoms with Gasteiger partial charge >= 0.3 is 0 Å². The third-order valence-corrected chi connectivity index (χ3v) is 3.67. The molecule has 1 aromatic carbocycles. The minimum absolute atomic E-state index is 0.184. The maximum atomic E-state index is 10.4. The molecule has 22 heavy (non-hydrogen) atoms. The summed E-state index contributed by atoms with van der Waals surface area (Å²) in [5.74, 6) is 0.695. The first kappa shape index (κ1) is 17.2. The van der Waals surface area contributed by atoms with Crippen molar-refractivity contribution in [3.05, 3.63) is 29.8 Å². The van der Waals surface area contributed by atoms with E-state index in [1.807, 2.05) is 24.3 Å². The van der Waals surface area contributed by atoms with Crippen molar-refractivity contribution in [3.8, 4) is 5.75 Å². The molecule has 0 aromatic heterocycles. The van der Waals surface area contributed by atoms with Crippen LogP contribution in [0.3, 0.4) is 0 Å². The summed E-state index contributed by atoms with van der Waals surface area (Å²) in [5.41, 5.74) is 0.842. The van der Waals surface area contributed by atoms with Gasteiger partial charge in [-0.2, -0.15) is 0 Å². The second-order valence-corrected chi connectivity index (χ2v) is 5.38. The summed E-state index contributed by atoms with van der Waals surface area (Å²) in [6.07, 6.45) is 0.600. The lowest BCUT2D eigenvalue weighted by molar-refractivity contribution is -0.0677. The van der Waals surface area contributed by atoms with E-state index in [2.05, 4.69) is 4.90 Å². The number of likely N-dealkylation sites (tertiary alicyclic amines) is 1. The quantitative estimate of drug-likeness (QED) is 0.696. The van der Waals surface area contributed by atoms with E-state index in [-0.39, 0.29) is 12.9 Å². The van der Waals surface area contributed by atoms with Gasteiger partial charge in [0, 0.05) is 33.9 Å². The Kier molecular flexibility index (Phi) is 7.08. The Morgan fingerprint density at radius 1 is 1.27 bits per heavy atom. The number of rotatable bonds is 9. The third-order valence-electron chi connectivity index (χ3n) is 3.67.